The van der Waals surface area contributed by atoms with E-state index in [9.17, 15) is 9.90 Å². The number of nitrogens with zero attached hydrogens (tertiary/aromatic N) is 2. The van der Waals surface area contributed by atoms with Gasteiger partial charge in [0.2, 0.25) is 0 Å². The summed E-state index contributed by atoms with van der Waals surface area (Å²) in [4.78, 5) is 11.5. The second-order valence-corrected chi connectivity index (χ2v) is 5.62. The molecule has 1 aromatic carbocycles. The Bertz CT molecular complexity index is 657. The third-order valence-electron chi connectivity index (χ3n) is 3.51. The molecule has 0 aliphatic rings. The molecule has 5 nitrogen and oxygen atoms in total. The van der Waals surface area contributed by atoms with Gasteiger partial charge in [-0.1, -0.05) is 20.8 Å². The van der Waals surface area contributed by atoms with Crippen LogP contribution < -0.4 is 9.84 Å². The van der Waals surface area contributed by atoms with Crippen molar-refractivity contribution >= 4 is 5.97 Å². The topological polar surface area (TPSA) is 67.2 Å². The average molecular weight is 301 g/mol. The maximum Gasteiger partial charge on any atom is 0.119 e. The second-order valence-electron chi connectivity index (χ2n) is 5.62. The summed E-state index contributed by atoms with van der Waals surface area (Å²) in [5.74, 6) is -0.0919. The normalized spacial score (nSPS) is 11.0. The first-order chi connectivity index (χ1) is 10.5. The molecule has 0 atom stereocenters. The molecule has 0 amide bonds. The van der Waals surface area contributed by atoms with Gasteiger partial charge in [-0.05, 0) is 43.0 Å². The SMILES string of the molecule is CCc1c(C(=O)[O-])c(CC(C)C)nn1-c1ccc(OC)cc1. The molecule has 0 bridgehead atoms. The fourth-order valence-electron chi connectivity index (χ4n) is 2.53. The first-order valence-corrected chi connectivity index (χ1v) is 7.44. The van der Waals surface area contributed by atoms with E-state index in [0.717, 1.165) is 11.4 Å². The van der Waals surface area contributed by atoms with Gasteiger partial charge in [0, 0.05) is 5.56 Å². The van der Waals surface area contributed by atoms with Crippen LogP contribution in [0.2, 0.25) is 0 Å². The Morgan fingerprint density at radius 2 is 1.95 bits per heavy atom. The molecule has 2 aromatic rings. The molecule has 0 radical (unpaired) electrons. The Kier molecular flexibility index (Phi) is 4.85. The van der Waals surface area contributed by atoms with Gasteiger partial charge < -0.3 is 14.6 Å². The van der Waals surface area contributed by atoms with Gasteiger partial charge in [-0.2, -0.15) is 5.10 Å². The highest BCUT2D eigenvalue weighted by Crippen LogP contribution is 2.23. The molecule has 2 rings (SSSR count). The Hall–Kier alpha value is -2.30. The summed E-state index contributed by atoms with van der Waals surface area (Å²) in [6.45, 7) is 6.00. The van der Waals surface area contributed by atoms with Crippen LogP contribution in [-0.2, 0) is 12.8 Å². The van der Waals surface area contributed by atoms with E-state index >= 15 is 0 Å². The molecule has 22 heavy (non-hydrogen) atoms. The molecule has 5 heteroatoms. The Labute approximate surface area is 130 Å². The molecule has 0 unspecified atom stereocenters. The Balaban J connectivity index is 2.56. The van der Waals surface area contributed by atoms with Crippen LogP contribution >= 0.6 is 0 Å². The van der Waals surface area contributed by atoms with Gasteiger partial charge in [-0.15, -0.1) is 0 Å². The van der Waals surface area contributed by atoms with Crippen molar-refractivity contribution < 1.29 is 14.6 Å². The van der Waals surface area contributed by atoms with Crippen LogP contribution in [0, 0.1) is 5.92 Å². The average Bonchev–Trinajstić information content (AvgIpc) is 2.85. The molecule has 0 aliphatic carbocycles. The van der Waals surface area contributed by atoms with Crippen LogP contribution in [0.5, 0.6) is 5.75 Å². The van der Waals surface area contributed by atoms with E-state index in [-0.39, 0.29) is 5.56 Å². The summed E-state index contributed by atoms with van der Waals surface area (Å²) < 4.78 is 6.84. The van der Waals surface area contributed by atoms with Crippen molar-refractivity contribution in [3.05, 3.63) is 41.2 Å². The number of aromatic nitrogens is 2. The molecular weight excluding hydrogens is 280 g/mol. The third-order valence-corrected chi connectivity index (χ3v) is 3.51. The van der Waals surface area contributed by atoms with Gasteiger partial charge in [0.1, 0.15) is 5.75 Å². The molecule has 0 saturated heterocycles. The van der Waals surface area contributed by atoms with Gasteiger partial charge in [0.05, 0.1) is 30.2 Å². The fraction of sp³-hybridized carbons (Fsp3) is 0.412. The molecular formula is C17H21N2O3-. The zero-order valence-electron chi connectivity index (χ0n) is 13.4. The highest BCUT2D eigenvalue weighted by molar-refractivity contribution is 5.89. The number of carboxylic acids is 1. The van der Waals surface area contributed by atoms with E-state index < -0.39 is 5.97 Å². The number of ether oxygens (including phenoxy) is 1. The summed E-state index contributed by atoms with van der Waals surface area (Å²) >= 11 is 0. The van der Waals surface area contributed by atoms with Gasteiger partial charge in [0.25, 0.3) is 0 Å². The minimum Gasteiger partial charge on any atom is -0.545 e. The molecule has 0 N–H and O–H groups in total. The van der Waals surface area contributed by atoms with Crippen molar-refractivity contribution in [3.63, 3.8) is 0 Å². The molecule has 0 aliphatic heterocycles. The zero-order valence-corrected chi connectivity index (χ0v) is 13.4. The number of hydrogen-bond acceptors (Lipinski definition) is 4. The molecule has 0 spiro atoms. The summed E-state index contributed by atoms with van der Waals surface area (Å²) in [5, 5.41) is 16.1. The largest absolute Gasteiger partial charge is 0.545 e. The van der Waals surface area contributed by atoms with Crippen molar-refractivity contribution in [2.24, 2.45) is 5.92 Å². The number of rotatable bonds is 6. The second kappa shape index (κ2) is 6.64. The molecule has 0 saturated carbocycles. The lowest BCUT2D eigenvalue weighted by molar-refractivity contribution is -0.255. The van der Waals surface area contributed by atoms with Crippen molar-refractivity contribution in [3.8, 4) is 11.4 Å². The summed E-state index contributed by atoms with van der Waals surface area (Å²) in [7, 11) is 1.61. The van der Waals surface area contributed by atoms with E-state index in [2.05, 4.69) is 5.10 Å². The first-order valence-electron chi connectivity index (χ1n) is 7.44. The number of carbonyl (C=O) groups is 1. The molecule has 118 valence electrons. The maximum atomic E-state index is 11.5. The first kappa shape index (κ1) is 16.1. The van der Waals surface area contributed by atoms with Gasteiger partial charge >= 0.3 is 0 Å². The predicted octanol–water partition coefficient (Wildman–Crippen LogP) is 2.01. The zero-order chi connectivity index (χ0) is 16.3. The van der Waals surface area contributed by atoms with Crippen molar-refractivity contribution in [1.29, 1.82) is 0 Å². The lowest BCUT2D eigenvalue weighted by atomic mass is 10.0. The van der Waals surface area contributed by atoms with Crippen molar-refractivity contribution in [2.75, 3.05) is 7.11 Å². The number of carbonyl (C=O) groups excluding carboxylic acids is 1. The molecule has 0 fully saturated rings. The minimum absolute atomic E-state index is 0.229. The van der Waals surface area contributed by atoms with Crippen LogP contribution in [0.25, 0.3) is 5.69 Å². The molecule has 1 heterocycles. The highest BCUT2D eigenvalue weighted by atomic mass is 16.5. The summed E-state index contributed by atoms with van der Waals surface area (Å²) in [5.41, 5.74) is 2.30. The number of hydrogen-bond donors (Lipinski definition) is 0. The van der Waals surface area contributed by atoms with E-state index in [1.54, 1.807) is 11.8 Å². The Morgan fingerprint density at radius 3 is 2.41 bits per heavy atom. The van der Waals surface area contributed by atoms with E-state index in [1.165, 1.54) is 0 Å². The number of methoxy groups -OCH3 is 1. The van der Waals surface area contributed by atoms with E-state index in [4.69, 9.17) is 4.74 Å². The van der Waals surface area contributed by atoms with Crippen LogP contribution in [0.4, 0.5) is 0 Å². The smallest absolute Gasteiger partial charge is 0.119 e. The van der Waals surface area contributed by atoms with Crippen LogP contribution in [0.3, 0.4) is 0 Å². The fourth-order valence-corrected chi connectivity index (χ4v) is 2.53. The van der Waals surface area contributed by atoms with Crippen LogP contribution in [0.1, 0.15) is 42.5 Å². The minimum atomic E-state index is -1.16. The van der Waals surface area contributed by atoms with Crippen LogP contribution in [0.15, 0.2) is 24.3 Å². The van der Waals surface area contributed by atoms with Gasteiger partial charge in [-0.25, -0.2) is 4.68 Å². The van der Waals surface area contributed by atoms with E-state index in [1.807, 2.05) is 45.0 Å². The van der Waals surface area contributed by atoms with Crippen LogP contribution in [-0.4, -0.2) is 22.9 Å². The monoisotopic (exact) mass is 301 g/mol. The van der Waals surface area contributed by atoms with Gasteiger partial charge in [0.15, 0.2) is 0 Å². The number of carboxylic acid groups (broad SMARTS) is 1. The maximum absolute atomic E-state index is 11.5. The van der Waals surface area contributed by atoms with Crippen molar-refractivity contribution in [1.82, 2.24) is 9.78 Å². The summed E-state index contributed by atoms with van der Waals surface area (Å²) in [6.07, 6.45) is 1.18. The standard InChI is InChI=1S/C17H22N2O3/c1-5-15-16(17(20)21)14(10-11(2)3)18-19(15)12-6-8-13(22-4)9-7-12/h6-9,11H,5,10H2,1-4H3,(H,20,21)/p-1. The lowest BCUT2D eigenvalue weighted by Gasteiger charge is -2.09. The summed E-state index contributed by atoms with van der Waals surface area (Å²) in [6, 6.07) is 7.39. The van der Waals surface area contributed by atoms with E-state index in [0.29, 0.717) is 30.1 Å². The number of benzene rings is 1. The van der Waals surface area contributed by atoms with Crippen molar-refractivity contribution in [2.45, 2.75) is 33.6 Å². The quantitative estimate of drug-likeness (QED) is 0.818. The Morgan fingerprint density at radius 1 is 1.32 bits per heavy atom. The number of aromatic carboxylic acids is 1. The molecule has 1 aromatic heterocycles. The highest BCUT2D eigenvalue weighted by Gasteiger charge is 2.19. The predicted molar refractivity (Wildman–Crippen MR) is 82.4 cm³/mol. The lowest BCUT2D eigenvalue weighted by Crippen LogP contribution is -2.25. The third kappa shape index (κ3) is 3.13. The van der Waals surface area contributed by atoms with Gasteiger partial charge in [-0.3, -0.25) is 0 Å².